The van der Waals surface area contributed by atoms with E-state index < -0.39 is 5.97 Å². The number of benzene rings is 1. The average Bonchev–Trinajstić information content (AvgIpc) is 2.49. The third-order valence-electron chi connectivity index (χ3n) is 3.98. The minimum absolute atomic E-state index is 0. The molecule has 1 aromatic carbocycles. The monoisotopic (exact) mass is 326 g/mol. The Morgan fingerprint density at radius 3 is 2.32 bits per heavy atom. The lowest BCUT2D eigenvalue weighted by Gasteiger charge is -2.31. The summed E-state index contributed by atoms with van der Waals surface area (Å²) in [6.45, 7) is 4.30. The lowest BCUT2D eigenvalue weighted by molar-refractivity contribution is -0.143. The molecule has 1 N–H and O–H groups in total. The Labute approximate surface area is 137 Å². The normalized spacial score (nSPS) is 15.9. The van der Waals surface area contributed by atoms with Crippen LogP contribution in [-0.4, -0.2) is 48.1 Å². The van der Waals surface area contributed by atoms with Crippen molar-refractivity contribution < 1.29 is 14.7 Å². The summed E-state index contributed by atoms with van der Waals surface area (Å²) in [7, 11) is 0. The van der Waals surface area contributed by atoms with Crippen LogP contribution in [0.1, 0.15) is 19.8 Å². The second kappa shape index (κ2) is 8.76. The Bertz CT molecular complexity index is 487. The van der Waals surface area contributed by atoms with E-state index in [9.17, 15) is 9.59 Å². The lowest BCUT2D eigenvalue weighted by atomic mass is 9.97. The van der Waals surface area contributed by atoms with Gasteiger partial charge in [-0.05, 0) is 45.0 Å². The molecule has 1 aromatic rings. The molecule has 0 bridgehead atoms. The van der Waals surface area contributed by atoms with Gasteiger partial charge in [-0.2, -0.15) is 0 Å². The van der Waals surface area contributed by atoms with Crippen LogP contribution in [0.15, 0.2) is 30.3 Å². The second-order valence-electron chi connectivity index (χ2n) is 5.36. The average molecular weight is 327 g/mol. The van der Waals surface area contributed by atoms with Crippen LogP contribution < -0.4 is 4.90 Å². The fourth-order valence-corrected chi connectivity index (χ4v) is 2.73. The molecule has 0 aliphatic carbocycles. The zero-order chi connectivity index (χ0) is 15.2. The number of amides is 1. The summed E-state index contributed by atoms with van der Waals surface area (Å²) >= 11 is 0. The molecule has 1 aliphatic rings. The van der Waals surface area contributed by atoms with Gasteiger partial charge < -0.3 is 10.0 Å². The van der Waals surface area contributed by atoms with Crippen LogP contribution >= 0.6 is 12.4 Å². The molecule has 1 aliphatic heterocycles. The number of likely N-dealkylation sites (N-methyl/N-ethyl adjacent to an activating group) is 1. The molecule has 1 fully saturated rings. The number of rotatable bonds is 5. The van der Waals surface area contributed by atoms with Gasteiger partial charge in [0.1, 0.15) is 0 Å². The molecule has 6 heteroatoms. The molecule has 0 spiro atoms. The number of hydrogen-bond donors (Lipinski definition) is 1. The van der Waals surface area contributed by atoms with Crippen LogP contribution in [0.25, 0.3) is 0 Å². The molecule has 1 saturated heterocycles. The van der Waals surface area contributed by atoms with Crippen molar-refractivity contribution in [3.8, 4) is 0 Å². The standard InChI is InChI=1S/C16H22N2O3.ClH/c1-2-18(14-6-4-3-5-7-14)15(19)12-17-10-8-13(9-11-17)16(20)21;/h3-7,13H,2,8-12H2,1H3,(H,20,21);1H. The van der Waals surface area contributed by atoms with Crippen LogP contribution in [0.3, 0.4) is 0 Å². The highest BCUT2D eigenvalue weighted by Crippen LogP contribution is 2.18. The highest BCUT2D eigenvalue weighted by Gasteiger charge is 2.26. The number of nitrogens with zero attached hydrogens (tertiary/aromatic N) is 2. The smallest absolute Gasteiger partial charge is 0.306 e. The van der Waals surface area contributed by atoms with E-state index in [-0.39, 0.29) is 24.2 Å². The first kappa shape index (κ1) is 18.5. The van der Waals surface area contributed by atoms with Gasteiger partial charge in [0.05, 0.1) is 12.5 Å². The quantitative estimate of drug-likeness (QED) is 0.901. The number of piperidine rings is 1. The molecular weight excluding hydrogens is 304 g/mol. The molecule has 5 nitrogen and oxygen atoms in total. The predicted molar refractivity (Wildman–Crippen MR) is 88.5 cm³/mol. The summed E-state index contributed by atoms with van der Waals surface area (Å²) in [6.07, 6.45) is 1.25. The summed E-state index contributed by atoms with van der Waals surface area (Å²) in [6, 6.07) is 9.63. The lowest BCUT2D eigenvalue weighted by Crippen LogP contribution is -2.44. The van der Waals surface area contributed by atoms with Crippen LogP contribution in [0, 0.1) is 5.92 Å². The van der Waals surface area contributed by atoms with Crippen molar-refractivity contribution in [3.63, 3.8) is 0 Å². The van der Waals surface area contributed by atoms with E-state index in [0.717, 1.165) is 5.69 Å². The molecule has 122 valence electrons. The molecule has 1 heterocycles. The molecule has 0 unspecified atom stereocenters. The van der Waals surface area contributed by atoms with Crippen molar-refractivity contribution in [2.75, 3.05) is 31.1 Å². The minimum atomic E-state index is -0.722. The maximum absolute atomic E-state index is 12.4. The summed E-state index contributed by atoms with van der Waals surface area (Å²) in [5.74, 6) is -0.911. The fourth-order valence-electron chi connectivity index (χ4n) is 2.73. The third-order valence-corrected chi connectivity index (χ3v) is 3.98. The minimum Gasteiger partial charge on any atom is -0.481 e. The molecule has 0 saturated carbocycles. The van der Waals surface area contributed by atoms with E-state index in [2.05, 4.69) is 0 Å². The number of carbonyl (C=O) groups is 2. The van der Waals surface area contributed by atoms with E-state index in [1.165, 1.54) is 0 Å². The summed E-state index contributed by atoms with van der Waals surface area (Å²) in [4.78, 5) is 27.2. The molecule has 22 heavy (non-hydrogen) atoms. The van der Waals surface area contributed by atoms with E-state index in [1.54, 1.807) is 4.90 Å². The maximum atomic E-state index is 12.4. The Hall–Kier alpha value is -1.59. The first-order valence-corrected chi connectivity index (χ1v) is 7.42. The Kier molecular flexibility index (Phi) is 7.35. The van der Waals surface area contributed by atoms with Gasteiger partial charge in [0.25, 0.3) is 0 Å². The molecule has 1 amide bonds. The summed E-state index contributed by atoms with van der Waals surface area (Å²) in [5, 5.41) is 8.99. The maximum Gasteiger partial charge on any atom is 0.306 e. The third kappa shape index (κ3) is 4.71. The van der Waals surface area contributed by atoms with Crippen LogP contribution in [0.2, 0.25) is 0 Å². The van der Waals surface area contributed by atoms with E-state index in [4.69, 9.17) is 5.11 Å². The molecular formula is C16H23ClN2O3. The van der Waals surface area contributed by atoms with Crippen molar-refractivity contribution in [2.45, 2.75) is 19.8 Å². The largest absolute Gasteiger partial charge is 0.481 e. The van der Waals surface area contributed by atoms with Crippen LogP contribution in [0.5, 0.6) is 0 Å². The number of halogens is 1. The van der Waals surface area contributed by atoms with Gasteiger partial charge in [0, 0.05) is 12.2 Å². The van der Waals surface area contributed by atoms with Gasteiger partial charge >= 0.3 is 5.97 Å². The fraction of sp³-hybridized carbons (Fsp3) is 0.500. The van der Waals surface area contributed by atoms with Gasteiger partial charge in [-0.3, -0.25) is 14.5 Å². The Morgan fingerprint density at radius 1 is 1.23 bits per heavy atom. The van der Waals surface area contributed by atoms with Gasteiger partial charge in [0.15, 0.2) is 0 Å². The van der Waals surface area contributed by atoms with Crippen molar-refractivity contribution in [2.24, 2.45) is 5.92 Å². The Morgan fingerprint density at radius 2 is 1.82 bits per heavy atom. The number of carbonyl (C=O) groups excluding carboxylic acids is 1. The van der Waals surface area contributed by atoms with Gasteiger partial charge in [0.2, 0.25) is 5.91 Å². The van der Waals surface area contributed by atoms with Crippen LogP contribution in [0.4, 0.5) is 5.69 Å². The van der Waals surface area contributed by atoms with Gasteiger partial charge in [-0.1, -0.05) is 18.2 Å². The molecule has 0 atom stereocenters. The van der Waals surface area contributed by atoms with E-state index in [1.807, 2.05) is 42.2 Å². The number of para-hydroxylation sites is 1. The first-order valence-electron chi connectivity index (χ1n) is 7.42. The predicted octanol–water partition coefficient (Wildman–Crippen LogP) is 2.26. The molecule has 0 radical (unpaired) electrons. The topological polar surface area (TPSA) is 60.9 Å². The number of anilines is 1. The molecule has 0 aromatic heterocycles. The SMILES string of the molecule is CCN(C(=O)CN1CCC(C(=O)O)CC1)c1ccccc1.Cl. The molecule has 2 rings (SSSR count). The van der Waals surface area contributed by atoms with Crippen molar-refractivity contribution in [1.82, 2.24) is 4.90 Å². The van der Waals surface area contributed by atoms with Crippen molar-refractivity contribution in [1.29, 1.82) is 0 Å². The highest BCUT2D eigenvalue weighted by atomic mass is 35.5. The number of likely N-dealkylation sites (tertiary alicyclic amines) is 1. The number of carboxylic acid groups (broad SMARTS) is 1. The van der Waals surface area contributed by atoms with Crippen molar-refractivity contribution in [3.05, 3.63) is 30.3 Å². The van der Waals surface area contributed by atoms with Gasteiger partial charge in [-0.15, -0.1) is 12.4 Å². The summed E-state index contributed by atoms with van der Waals surface area (Å²) < 4.78 is 0. The Balaban J connectivity index is 0.00000242. The van der Waals surface area contributed by atoms with Gasteiger partial charge in [-0.25, -0.2) is 0 Å². The summed E-state index contributed by atoms with van der Waals surface area (Å²) in [5.41, 5.74) is 0.908. The number of hydrogen-bond acceptors (Lipinski definition) is 3. The van der Waals surface area contributed by atoms with Crippen molar-refractivity contribution >= 4 is 30.0 Å². The van der Waals surface area contributed by atoms with Crippen LogP contribution in [-0.2, 0) is 9.59 Å². The zero-order valence-electron chi connectivity index (χ0n) is 12.8. The van der Waals surface area contributed by atoms with E-state index >= 15 is 0 Å². The van der Waals surface area contributed by atoms with E-state index in [0.29, 0.717) is 39.0 Å². The number of aliphatic carboxylic acids is 1. The zero-order valence-corrected chi connectivity index (χ0v) is 13.6. The first-order chi connectivity index (χ1) is 10.1. The number of carboxylic acids is 1. The highest BCUT2D eigenvalue weighted by molar-refractivity contribution is 5.94. The second-order valence-corrected chi connectivity index (χ2v) is 5.36.